The lowest BCUT2D eigenvalue weighted by Crippen LogP contribution is -2.37. The smallest absolute Gasteiger partial charge is 0.335 e. The van der Waals surface area contributed by atoms with Crippen LogP contribution in [0.2, 0.25) is 0 Å². The zero-order chi connectivity index (χ0) is 11.5. The van der Waals surface area contributed by atoms with Gasteiger partial charge >= 0.3 is 5.97 Å². The zero-order valence-corrected chi connectivity index (χ0v) is 9.52. The second kappa shape index (κ2) is 4.56. The number of piperidine rings is 1. The van der Waals surface area contributed by atoms with Gasteiger partial charge < -0.3 is 10.0 Å². The summed E-state index contributed by atoms with van der Waals surface area (Å²) < 4.78 is 0. The van der Waals surface area contributed by atoms with Crippen molar-refractivity contribution >= 4 is 11.7 Å². The molecule has 0 bridgehead atoms. The zero-order valence-electron chi connectivity index (χ0n) is 9.52. The van der Waals surface area contributed by atoms with Gasteiger partial charge in [0.15, 0.2) is 0 Å². The van der Waals surface area contributed by atoms with Gasteiger partial charge in [-0.2, -0.15) is 0 Å². The van der Waals surface area contributed by atoms with E-state index in [1.807, 2.05) is 12.1 Å². The topological polar surface area (TPSA) is 40.5 Å². The number of nitrogens with zero attached hydrogens (tertiary/aromatic N) is 1. The monoisotopic (exact) mass is 219 g/mol. The van der Waals surface area contributed by atoms with Crippen LogP contribution in [0.3, 0.4) is 0 Å². The molecule has 0 spiro atoms. The van der Waals surface area contributed by atoms with Crippen molar-refractivity contribution in [2.75, 3.05) is 11.4 Å². The van der Waals surface area contributed by atoms with Crippen molar-refractivity contribution in [1.29, 1.82) is 0 Å². The molecule has 1 aromatic carbocycles. The SMILES string of the molecule is CC1CCCCN1c1cccc(C(=O)O)c1. The van der Waals surface area contributed by atoms with Gasteiger partial charge in [-0.3, -0.25) is 0 Å². The van der Waals surface area contributed by atoms with Gasteiger partial charge in [-0.1, -0.05) is 6.07 Å². The van der Waals surface area contributed by atoms with Crippen LogP contribution in [0.4, 0.5) is 5.69 Å². The van der Waals surface area contributed by atoms with E-state index in [4.69, 9.17) is 5.11 Å². The second-order valence-electron chi connectivity index (χ2n) is 4.39. The molecule has 1 N–H and O–H groups in total. The maximum atomic E-state index is 10.9. The third-order valence-corrected chi connectivity index (χ3v) is 3.23. The number of benzene rings is 1. The molecular formula is C13H17NO2. The molecule has 86 valence electrons. The van der Waals surface area contributed by atoms with Gasteiger partial charge in [-0.05, 0) is 44.4 Å². The van der Waals surface area contributed by atoms with E-state index < -0.39 is 5.97 Å². The van der Waals surface area contributed by atoms with Gasteiger partial charge in [0.25, 0.3) is 0 Å². The van der Waals surface area contributed by atoms with Crippen LogP contribution >= 0.6 is 0 Å². The van der Waals surface area contributed by atoms with Crippen molar-refractivity contribution in [3.05, 3.63) is 29.8 Å². The van der Waals surface area contributed by atoms with Crippen LogP contribution in [-0.4, -0.2) is 23.7 Å². The van der Waals surface area contributed by atoms with Crippen LogP contribution in [0, 0.1) is 0 Å². The molecule has 1 aliphatic rings. The van der Waals surface area contributed by atoms with E-state index in [1.54, 1.807) is 12.1 Å². The molecule has 0 amide bonds. The highest BCUT2D eigenvalue weighted by atomic mass is 16.4. The highest BCUT2D eigenvalue weighted by molar-refractivity contribution is 5.88. The van der Waals surface area contributed by atoms with Gasteiger partial charge in [-0.15, -0.1) is 0 Å². The Morgan fingerprint density at radius 2 is 2.25 bits per heavy atom. The molecule has 1 unspecified atom stereocenters. The van der Waals surface area contributed by atoms with Crippen LogP contribution < -0.4 is 4.90 Å². The average molecular weight is 219 g/mol. The molecule has 0 aliphatic carbocycles. The summed E-state index contributed by atoms with van der Waals surface area (Å²) in [6.45, 7) is 3.23. The third kappa shape index (κ3) is 2.18. The van der Waals surface area contributed by atoms with Gasteiger partial charge in [0.2, 0.25) is 0 Å². The molecule has 3 heteroatoms. The minimum atomic E-state index is -0.855. The predicted octanol–water partition coefficient (Wildman–Crippen LogP) is 2.76. The number of carboxylic acid groups (broad SMARTS) is 1. The highest BCUT2D eigenvalue weighted by Gasteiger charge is 2.19. The number of carbonyl (C=O) groups is 1. The van der Waals surface area contributed by atoms with Crippen molar-refractivity contribution < 1.29 is 9.90 Å². The van der Waals surface area contributed by atoms with Crippen LogP contribution in [-0.2, 0) is 0 Å². The number of hydrogen-bond acceptors (Lipinski definition) is 2. The minimum Gasteiger partial charge on any atom is -0.478 e. The fourth-order valence-electron chi connectivity index (χ4n) is 2.30. The third-order valence-electron chi connectivity index (χ3n) is 3.23. The molecule has 1 aliphatic heterocycles. The van der Waals surface area contributed by atoms with Crippen LogP contribution in [0.15, 0.2) is 24.3 Å². The normalized spacial score (nSPS) is 20.8. The van der Waals surface area contributed by atoms with E-state index in [9.17, 15) is 4.79 Å². The Kier molecular flexibility index (Phi) is 3.13. The summed E-state index contributed by atoms with van der Waals surface area (Å²) in [5.41, 5.74) is 1.40. The first-order chi connectivity index (χ1) is 7.68. The Morgan fingerprint density at radius 1 is 1.44 bits per heavy atom. The van der Waals surface area contributed by atoms with Crippen molar-refractivity contribution in [2.24, 2.45) is 0 Å². The van der Waals surface area contributed by atoms with E-state index in [-0.39, 0.29) is 0 Å². The Morgan fingerprint density at radius 3 is 2.94 bits per heavy atom. The first-order valence-corrected chi connectivity index (χ1v) is 5.78. The first kappa shape index (κ1) is 11.0. The van der Waals surface area contributed by atoms with E-state index in [1.165, 1.54) is 19.3 Å². The molecule has 0 radical (unpaired) electrons. The van der Waals surface area contributed by atoms with Crippen LogP contribution in [0.25, 0.3) is 0 Å². The highest BCUT2D eigenvalue weighted by Crippen LogP contribution is 2.25. The maximum Gasteiger partial charge on any atom is 0.335 e. The largest absolute Gasteiger partial charge is 0.478 e. The summed E-state index contributed by atoms with van der Waals surface area (Å²) in [5.74, 6) is -0.855. The van der Waals surface area contributed by atoms with E-state index in [0.717, 1.165) is 12.2 Å². The molecule has 1 aromatic rings. The molecule has 1 saturated heterocycles. The fraction of sp³-hybridized carbons (Fsp3) is 0.462. The Bertz CT molecular complexity index is 389. The van der Waals surface area contributed by atoms with E-state index in [0.29, 0.717) is 11.6 Å². The number of hydrogen-bond donors (Lipinski definition) is 1. The Hall–Kier alpha value is -1.51. The Balaban J connectivity index is 2.25. The average Bonchev–Trinajstić information content (AvgIpc) is 2.30. The number of carboxylic acids is 1. The summed E-state index contributed by atoms with van der Waals surface area (Å²) in [6, 6.07) is 7.73. The molecule has 1 heterocycles. The van der Waals surface area contributed by atoms with Gasteiger partial charge in [0, 0.05) is 18.3 Å². The molecule has 1 fully saturated rings. The van der Waals surface area contributed by atoms with Crippen LogP contribution in [0.5, 0.6) is 0 Å². The van der Waals surface area contributed by atoms with Crippen molar-refractivity contribution in [3.63, 3.8) is 0 Å². The summed E-state index contributed by atoms with van der Waals surface area (Å²) in [7, 11) is 0. The molecule has 1 atom stereocenters. The second-order valence-corrected chi connectivity index (χ2v) is 4.39. The molecule has 3 nitrogen and oxygen atoms in total. The maximum absolute atomic E-state index is 10.9. The van der Waals surface area contributed by atoms with Crippen molar-refractivity contribution in [3.8, 4) is 0 Å². The predicted molar refractivity (Wildman–Crippen MR) is 64.1 cm³/mol. The van der Waals surface area contributed by atoms with Crippen molar-refractivity contribution in [1.82, 2.24) is 0 Å². The fourth-order valence-corrected chi connectivity index (χ4v) is 2.30. The van der Waals surface area contributed by atoms with E-state index >= 15 is 0 Å². The van der Waals surface area contributed by atoms with Crippen LogP contribution in [0.1, 0.15) is 36.5 Å². The lowest BCUT2D eigenvalue weighted by atomic mass is 10.0. The molecule has 16 heavy (non-hydrogen) atoms. The minimum absolute atomic E-state index is 0.371. The van der Waals surface area contributed by atoms with E-state index in [2.05, 4.69) is 11.8 Å². The summed E-state index contributed by atoms with van der Waals surface area (Å²) in [6.07, 6.45) is 3.66. The summed E-state index contributed by atoms with van der Waals surface area (Å²) >= 11 is 0. The molecule has 2 rings (SSSR count). The number of anilines is 1. The molecule has 0 saturated carbocycles. The molecular weight excluding hydrogens is 202 g/mol. The Labute approximate surface area is 95.7 Å². The van der Waals surface area contributed by atoms with Crippen molar-refractivity contribution in [2.45, 2.75) is 32.2 Å². The lowest BCUT2D eigenvalue weighted by Gasteiger charge is -2.35. The summed E-state index contributed by atoms with van der Waals surface area (Å²) in [4.78, 5) is 13.2. The quantitative estimate of drug-likeness (QED) is 0.831. The first-order valence-electron chi connectivity index (χ1n) is 5.78. The number of aromatic carboxylic acids is 1. The van der Waals surface area contributed by atoms with Gasteiger partial charge in [0.05, 0.1) is 5.56 Å². The lowest BCUT2D eigenvalue weighted by molar-refractivity contribution is 0.0697. The number of rotatable bonds is 2. The van der Waals surface area contributed by atoms with Gasteiger partial charge in [0.1, 0.15) is 0 Å². The molecule has 0 aromatic heterocycles. The summed E-state index contributed by atoms with van der Waals surface area (Å²) in [5, 5.41) is 8.96. The van der Waals surface area contributed by atoms with Gasteiger partial charge in [-0.25, -0.2) is 4.79 Å². The standard InChI is InChI=1S/C13H17NO2/c1-10-5-2-3-8-14(10)12-7-4-6-11(9-12)13(15)16/h4,6-7,9-10H,2-3,5,8H2,1H3,(H,15,16).